The number of halogens is 2. The van der Waals surface area contributed by atoms with Crippen LogP contribution in [-0.2, 0) is 4.79 Å². The third-order valence-electron chi connectivity index (χ3n) is 3.15. The minimum absolute atomic E-state index is 0.0320. The molecule has 122 valence electrons. The fourth-order valence-corrected chi connectivity index (χ4v) is 1.95. The van der Waals surface area contributed by atoms with Crippen molar-refractivity contribution in [1.29, 1.82) is 0 Å². The normalized spacial score (nSPS) is 13.2. The van der Waals surface area contributed by atoms with Crippen molar-refractivity contribution >= 4 is 5.91 Å². The third-order valence-corrected chi connectivity index (χ3v) is 3.15. The van der Waals surface area contributed by atoms with E-state index in [0.717, 1.165) is 12.1 Å². The van der Waals surface area contributed by atoms with Gasteiger partial charge in [-0.15, -0.1) is 0 Å². The molecule has 0 spiro atoms. The summed E-state index contributed by atoms with van der Waals surface area (Å²) in [5, 5.41) is 11.6. The minimum atomic E-state index is -1.06. The Labute approximate surface area is 132 Å². The van der Waals surface area contributed by atoms with Crippen molar-refractivity contribution in [3.05, 3.63) is 65.7 Å². The molecule has 2 atom stereocenters. The standard InChI is InChI=1S/C17H17F2NO3/c1-11(10-21)20-17(22)16(12-5-3-2-4-6-12)23-13-7-8-14(18)15(19)9-13/h2-9,11,16,21H,10H2,1H3,(H,20,22). The van der Waals surface area contributed by atoms with Crippen LogP contribution < -0.4 is 10.1 Å². The van der Waals surface area contributed by atoms with Gasteiger partial charge in [0.2, 0.25) is 6.10 Å². The molecule has 0 saturated heterocycles. The molecule has 2 N–H and O–H groups in total. The number of carbonyl (C=O) groups excluding carboxylic acids is 1. The molecule has 0 radical (unpaired) electrons. The number of nitrogens with one attached hydrogen (secondary N) is 1. The molecule has 0 bridgehead atoms. The highest BCUT2D eigenvalue weighted by Gasteiger charge is 2.24. The first-order valence-corrected chi connectivity index (χ1v) is 7.09. The monoisotopic (exact) mass is 321 g/mol. The molecule has 0 saturated carbocycles. The van der Waals surface area contributed by atoms with E-state index in [1.54, 1.807) is 37.3 Å². The summed E-state index contributed by atoms with van der Waals surface area (Å²) in [4.78, 5) is 12.4. The van der Waals surface area contributed by atoms with Gasteiger partial charge in [0.05, 0.1) is 6.61 Å². The molecule has 0 aliphatic carbocycles. The Morgan fingerprint density at radius 2 is 1.87 bits per heavy atom. The van der Waals surface area contributed by atoms with E-state index >= 15 is 0 Å². The SMILES string of the molecule is CC(CO)NC(=O)C(Oc1ccc(F)c(F)c1)c1ccccc1. The summed E-state index contributed by atoms with van der Waals surface area (Å²) >= 11 is 0. The Morgan fingerprint density at radius 1 is 1.17 bits per heavy atom. The van der Waals surface area contributed by atoms with Crippen molar-refractivity contribution in [3.63, 3.8) is 0 Å². The topological polar surface area (TPSA) is 58.6 Å². The van der Waals surface area contributed by atoms with E-state index in [1.165, 1.54) is 6.07 Å². The molecule has 2 aromatic rings. The number of aliphatic hydroxyl groups excluding tert-OH is 1. The quantitative estimate of drug-likeness (QED) is 0.860. The molecule has 0 heterocycles. The Balaban J connectivity index is 2.26. The second-order valence-electron chi connectivity index (χ2n) is 5.08. The Hall–Kier alpha value is -2.47. The van der Waals surface area contributed by atoms with Crippen LogP contribution in [-0.4, -0.2) is 23.7 Å². The van der Waals surface area contributed by atoms with Gasteiger partial charge in [0.1, 0.15) is 5.75 Å². The lowest BCUT2D eigenvalue weighted by molar-refractivity contribution is -0.129. The van der Waals surface area contributed by atoms with Crippen LogP contribution in [0.15, 0.2) is 48.5 Å². The van der Waals surface area contributed by atoms with Gasteiger partial charge in [-0.2, -0.15) is 0 Å². The van der Waals surface area contributed by atoms with Crippen molar-refractivity contribution < 1.29 is 23.4 Å². The molecule has 0 fully saturated rings. The number of benzene rings is 2. The predicted molar refractivity (Wildman–Crippen MR) is 80.9 cm³/mol. The molecule has 2 unspecified atom stereocenters. The zero-order valence-electron chi connectivity index (χ0n) is 12.5. The van der Waals surface area contributed by atoms with E-state index in [1.807, 2.05) is 0 Å². The summed E-state index contributed by atoms with van der Waals surface area (Å²) in [5.74, 6) is -2.50. The van der Waals surface area contributed by atoms with Crippen LogP contribution in [0.5, 0.6) is 5.75 Å². The molecule has 6 heteroatoms. The van der Waals surface area contributed by atoms with Gasteiger partial charge in [0, 0.05) is 17.7 Å². The second-order valence-corrected chi connectivity index (χ2v) is 5.08. The lowest BCUT2D eigenvalue weighted by atomic mass is 10.1. The molecule has 0 aliphatic heterocycles. The van der Waals surface area contributed by atoms with E-state index in [9.17, 15) is 13.6 Å². The van der Waals surface area contributed by atoms with E-state index in [2.05, 4.69) is 5.32 Å². The van der Waals surface area contributed by atoms with Gasteiger partial charge in [-0.25, -0.2) is 8.78 Å². The number of carbonyl (C=O) groups is 1. The predicted octanol–water partition coefficient (Wildman–Crippen LogP) is 2.58. The van der Waals surface area contributed by atoms with Crippen molar-refractivity contribution in [2.24, 2.45) is 0 Å². The first-order valence-electron chi connectivity index (χ1n) is 7.09. The number of hydrogen-bond acceptors (Lipinski definition) is 3. The summed E-state index contributed by atoms with van der Waals surface area (Å²) in [6.45, 7) is 1.41. The second kappa shape index (κ2) is 7.69. The smallest absolute Gasteiger partial charge is 0.266 e. The summed E-state index contributed by atoms with van der Waals surface area (Å²) in [6.07, 6.45) is -1.05. The molecule has 2 aromatic carbocycles. The van der Waals surface area contributed by atoms with Crippen molar-refractivity contribution in [1.82, 2.24) is 5.32 Å². The van der Waals surface area contributed by atoms with E-state index in [0.29, 0.717) is 5.56 Å². The fourth-order valence-electron chi connectivity index (χ4n) is 1.95. The number of ether oxygens (including phenoxy) is 1. The largest absolute Gasteiger partial charge is 0.476 e. The lowest BCUT2D eigenvalue weighted by Gasteiger charge is -2.21. The summed E-state index contributed by atoms with van der Waals surface area (Å²) in [5.41, 5.74) is 0.555. The van der Waals surface area contributed by atoms with Gasteiger partial charge in [0.25, 0.3) is 5.91 Å². The van der Waals surface area contributed by atoms with E-state index < -0.39 is 29.7 Å². The number of amides is 1. The Morgan fingerprint density at radius 3 is 2.48 bits per heavy atom. The highest BCUT2D eigenvalue weighted by atomic mass is 19.2. The first kappa shape index (κ1) is 16.9. The maximum absolute atomic E-state index is 13.3. The summed E-state index contributed by atoms with van der Waals surface area (Å²) < 4.78 is 31.9. The highest BCUT2D eigenvalue weighted by molar-refractivity contribution is 5.82. The molecular formula is C17H17F2NO3. The average Bonchev–Trinajstić information content (AvgIpc) is 2.56. The van der Waals surface area contributed by atoms with Crippen LogP contribution in [0.4, 0.5) is 8.78 Å². The first-order chi connectivity index (χ1) is 11.0. The highest BCUT2D eigenvalue weighted by Crippen LogP contribution is 2.24. The summed E-state index contributed by atoms with van der Waals surface area (Å²) in [6, 6.07) is 11.2. The van der Waals surface area contributed by atoms with Gasteiger partial charge in [0.15, 0.2) is 11.6 Å². The maximum Gasteiger partial charge on any atom is 0.266 e. The zero-order valence-corrected chi connectivity index (χ0v) is 12.5. The molecule has 23 heavy (non-hydrogen) atoms. The van der Waals surface area contributed by atoms with Gasteiger partial charge in [-0.3, -0.25) is 4.79 Å². The minimum Gasteiger partial charge on any atom is -0.476 e. The van der Waals surface area contributed by atoms with E-state index in [4.69, 9.17) is 9.84 Å². The molecular weight excluding hydrogens is 304 g/mol. The van der Waals surface area contributed by atoms with E-state index in [-0.39, 0.29) is 12.4 Å². The Kier molecular flexibility index (Phi) is 5.65. The lowest BCUT2D eigenvalue weighted by Crippen LogP contribution is -2.40. The van der Waals surface area contributed by atoms with Gasteiger partial charge in [-0.05, 0) is 19.1 Å². The van der Waals surface area contributed by atoms with Crippen LogP contribution in [0.2, 0.25) is 0 Å². The molecule has 0 aromatic heterocycles. The summed E-state index contributed by atoms with van der Waals surface area (Å²) in [7, 11) is 0. The van der Waals surface area contributed by atoms with Crippen LogP contribution in [0.1, 0.15) is 18.6 Å². The van der Waals surface area contributed by atoms with Crippen molar-refractivity contribution in [3.8, 4) is 5.75 Å². The maximum atomic E-state index is 13.3. The number of hydrogen-bond donors (Lipinski definition) is 2. The average molecular weight is 321 g/mol. The van der Waals surface area contributed by atoms with Gasteiger partial charge >= 0.3 is 0 Å². The van der Waals surface area contributed by atoms with Gasteiger partial charge in [-0.1, -0.05) is 30.3 Å². The van der Waals surface area contributed by atoms with Crippen molar-refractivity contribution in [2.75, 3.05) is 6.61 Å². The van der Waals surface area contributed by atoms with Crippen LogP contribution in [0.3, 0.4) is 0 Å². The third kappa shape index (κ3) is 4.50. The molecule has 4 nitrogen and oxygen atoms in total. The van der Waals surface area contributed by atoms with Gasteiger partial charge < -0.3 is 15.2 Å². The molecule has 0 aliphatic rings. The Bertz CT molecular complexity index is 664. The van der Waals surface area contributed by atoms with Crippen LogP contribution in [0, 0.1) is 11.6 Å². The zero-order chi connectivity index (χ0) is 16.8. The van der Waals surface area contributed by atoms with Crippen molar-refractivity contribution in [2.45, 2.75) is 19.1 Å². The molecule has 1 amide bonds. The van der Waals surface area contributed by atoms with Crippen LogP contribution >= 0.6 is 0 Å². The molecule has 2 rings (SSSR count). The number of aliphatic hydroxyl groups is 1. The van der Waals surface area contributed by atoms with Crippen LogP contribution in [0.25, 0.3) is 0 Å². The fraction of sp³-hybridized carbons (Fsp3) is 0.235. The number of rotatable bonds is 6.